The SMILES string of the molecule is CC1(C)c2ccc(-c3c4c(cc5c3sc3ccc6ccccc6c35)-c3ccccc3C4(C)C)cc2-c2ccc(-c3c4ccccc4c(-c4ccccc4)c4ccccc34)cc21. The van der Waals surface area contributed by atoms with Gasteiger partial charge < -0.3 is 0 Å². The zero-order valence-electron chi connectivity index (χ0n) is 34.7. The quantitative estimate of drug-likeness (QED) is 0.156. The van der Waals surface area contributed by atoms with Crippen molar-refractivity contribution in [3.63, 3.8) is 0 Å². The van der Waals surface area contributed by atoms with Gasteiger partial charge in [-0.25, -0.2) is 0 Å². The van der Waals surface area contributed by atoms with Crippen molar-refractivity contribution in [1.82, 2.24) is 0 Å². The first-order valence-corrected chi connectivity index (χ1v) is 22.4. The first-order valence-electron chi connectivity index (χ1n) is 21.6. The standard InChI is InChI=1S/C60H42S/c1-59(2)50-30-27-37(55-57-47(40-20-14-15-25-49(40)60(57,3)4)34-48-56-39-19-9-8-16-35(39)28-31-52(56)61-58(48)55)32-46(50)41-29-26-38(33-51(41)59)54-44-23-12-10-21-42(44)53(36-17-6-5-7-18-36)43-22-11-13-24-45(43)54/h5-34H,1-4H3. The second kappa shape index (κ2) is 12.4. The Balaban J connectivity index is 1.05. The Morgan fingerprint density at radius 1 is 0.344 bits per heavy atom. The molecule has 2 aliphatic carbocycles. The third-order valence-electron chi connectivity index (χ3n) is 14.4. The highest BCUT2D eigenvalue weighted by atomic mass is 32.1. The molecule has 61 heavy (non-hydrogen) atoms. The summed E-state index contributed by atoms with van der Waals surface area (Å²) in [6.07, 6.45) is 0. The van der Waals surface area contributed by atoms with Gasteiger partial charge in [-0.15, -0.1) is 11.3 Å². The van der Waals surface area contributed by atoms with Gasteiger partial charge in [-0.3, -0.25) is 0 Å². The largest absolute Gasteiger partial charge is 0.134 e. The first kappa shape index (κ1) is 35.0. The third kappa shape index (κ3) is 4.70. The minimum absolute atomic E-state index is 0.152. The van der Waals surface area contributed by atoms with Crippen LogP contribution >= 0.6 is 11.3 Å². The number of benzene rings is 10. The molecule has 0 nitrogen and oxygen atoms in total. The molecule has 0 saturated carbocycles. The van der Waals surface area contributed by atoms with E-state index in [2.05, 4.69) is 210 Å². The molecule has 2 aliphatic rings. The highest BCUT2D eigenvalue weighted by Gasteiger charge is 2.41. The van der Waals surface area contributed by atoms with E-state index in [0.717, 1.165) is 0 Å². The van der Waals surface area contributed by atoms with Crippen LogP contribution in [-0.4, -0.2) is 0 Å². The van der Waals surface area contributed by atoms with Gasteiger partial charge in [-0.05, 0) is 129 Å². The van der Waals surface area contributed by atoms with E-state index < -0.39 is 0 Å². The van der Waals surface area contributed by atoms with E-state index in [1.54, 1.807) is 0 Å². The van der Waals surface area contributed by atoms with E-state index in [4.69, 9.17) is 0 Å². The average Bonchev–Trinajstić information content (AvgIpc) is 3.87. The van der Waals surface area contributed by atoms with Crippen LogP contribution < -0.4 is 0 Å². The summed E-state index contributed by atoms with van der Waals surface area (Å²) in [6.45, 7) is 9.71. The topological polar surface area (TPSA) is 0 Å². The summed E-state index contributed by atoms with van der Waals surface area (Å²) in [4.78, 5) is 0. The van der Waals surface area contributed by atoms with Crippen molar-refractivity contribution in [2.24, 2.45) is 0 Å². The summed E-state index contributed by atoms with van der Waals surface area (Å²) in [6, 6.07) is 68.8. The Morgan fingerprint density at radius 3 is 1.66 bits per heavy atom. The maximum absolute atomic E-state index is 2.54. The van der Waals surface area contributed by atoms with Gasteiger partial charge in [-0.2, -0.15) is 0 Å². The van der Waals surface area contributed by atoms with E-state index in [9.17, 15) is 0 Å². The third-order valence-corrected chi connectivity index (χ3v) is 15.6. The Hall–Kier alpha value is -6.80. The molecule has 1 heterocycles. The monoisotopic (exact) mass is 794 g/mol. The van der Waals surface area contributed by atoms with Crippen LogP contribution in [0.1, 0.15) is 49.9 Å². The molecule has 1 heteroatoms. The molecular weight excluding hydrogens is 753 g/mol. The maximum Gasteiger partial charge on any atom is 0.0437 e. The number of rotatable bonds is 3. The van der Waals surface area contributed by atoms with Crippen molar-refractivity contribution in [3.8, 4) is 55.6 Å². The second-order valence-electron chi connectivity index (χ2n) is 18.3. The summed E-state index contributed by atoms with van der Waals surface area (Å²) in [5, 5.41) is 10.5. The van der Waals surface area contributed by atoms with Gasteiger partial charge >= 0.3 is 0 Å². The zero-order valence-corrected chi connectivity index (χ0v) is 35.5. The van der Waals surface area contributed by atoms with Crippen molar-refractivity contribution in [3.05, 3.63) is 204 Å². The molecule has 0 atom stereocenters. The highest BCUT2D eigenvalue weighted by Crippen LogP contribution is 2.58. The van der Waals surface area contributed by atoms with Crippen LogP contribution in [0.15, 0.2) is 182 Å². The summed E-state index contributed by atoms with van der Waals surface area (Å²) in [5.74, 6) is 0. The molecule has 288 valence electrons. The van der Waals surface area contributed by atoms with Crippen LogP contribution in [0.2, 0.25) is 0 Å². The van der Waals surface area contributed by atoms with E-state index in [-0.39, 0.29) is 10.8 Å². The molecule has 13 rings (SSSR count). The molecule has 0 spiro atoms. The summed E-state index contributed by atoms with van der Waals surface area (Å²) in [7, 11) is 0. The minimum atomic E-state index is -0.172. The lowest BCUT2D eigenvalue weighted by atomic mass is 9.77. The lowest BCUT2D eigenvalue weighted by molar-refractivity contribution is 0.660. The van der Waals surface area contributed by atoms with Crippen molar-refractivity contribution in [1.29, 1.82) is 0 Å². The number of hydrogen-bond donors (Lipinski definition) is 0. The minimum Gasteiger partial charge on any atom is -0.134 e. The van der Waals surface area contributed by atoms with Crippen molar-refractivity contribution in [2.45, 2.75) is 38.5 Å². The van der Waals surface area contributed by atoms with Crippen molar-refractivity contribution < 1.29 is 0 Å². The molecule has 0 amide bonds. The number of hydrogen-bond acceptors (Lipinski definition) is 1. The van der Waals surface area contributed by atoms with Gasteiger partial charge in [0.15, 0.2) is 0 Å². The van der Waals surface area contributed by atoms with E-state index in [0.29, 0.717) is 0 Å². The molecule has 0 fully saturated rings. The number of fused-ring (bicyclic) bond motifs is 13. The van der Waals surface area contributed by atoms with Crippen LogP contribution in [0.4, 0.5) is 0 Å². The van der Waals surface area contributed by atoms with E-state index in [1.165, 1.54) is 130 Å². The van der Waals surface area contributed by atoms with Gasteiger partial charge in [0.1, 0.15) is 0 Å². The molecule has 0 bridgehead atoms. The van der Waals surface area contributed by atoms with Gasteiger partial charge in [0.25, 0.3) is 0 Å². The fraction of sp³-hybridized carbons (Fsp3) is 0.100. The smallest absolute Gasteiger partial charge is 0.0437 e. The second-order valence-corrected chi connectivity index (χ2v) is 19.4. The lowest BCUT2D eigenvalue weighted by Crippen LogP contribution is -2.16. The fourth-order valence-corrected chi connectivity index (χ4v) is 12.9. The Morgan fingerprint density at radius 2 is 0.918 bits per heavy atom. The normalized spacial score (nSPS) is 14.5. The van der Waals surface area contributed by atoms with Gasteiger partial charge in [-0.1, -0.05) is 185 Å². The van der Waals surface area contributed by atoms with Crippen molar-refractivity contribution in [2.75, 3.05) is 0 Å². The van der Waals surface area contributed by atoms with Gasteiger partial charge in [0.05, 0.1) is 0 Å². The van der Waals surface area contributed by atoms with Crippen LogP contribution in [-0.2, 0) is 10.8 Å². The molecule has 0 saturated heterocycles. The fourth-order valence-electron chi connectivity index (χ4n) is 11.6. The van der Waals surface area contributed by atoms with Crippen LogP contribution in [0.25, 0.3) is 108 Å². The molecule has 11 aromatic rings. The lowest BCUT2D eigenvalue weighted by Gasteiger charge is -2.26. The molecule has 1 aromatic heterocycles. The zero-order chi connectivity index (χ0) is 40.8. The average molecular weight is 795 g/mol. The molecule has 0 radical (unpaired) electrons. The van der Waals surface area contributed by atoms with E-state index >= 15 is 0 Å². The first-order chi connectivity index (χ1) is 29.8. The molecule has 0 unspecified atom stereocenters. The van der Waals surface area contributed by atoms with Crippen LogP contribution in [0, 0.1) is 0 Å². The molecule has 10 aromatic carbocycles. The Kier molecular flexibility index (Phi) is 7.11. The Bertz CT molecular complexity index is 3630. The summed E-state index contributed by atoms with van der Waals surface area (Å²) >= 11 is 1.96. The molecular formula is C60H42S. The summed E-state index contributed by atoms with van der Waals surface area (Å²) in [5.41, 5.74) is 18.6. The Labute approximate surface area is 360 Å². The predicted octanol–water partition coefficient (Wildman–Crippen LogP) is 17.1. The molecule has 0 aliphatic heterocycles. The van der Waals surface area contributed by atoms with Crippen LogP contribution in [0.3, 0.4) is 0 Å². The molecule has 0 N–H and O–H groups in total. The number of thiophene rings is 1. The summed E-state index contributed by atoms with van der Waals surface area (Å²) < 4.78 is 2.73. The maximum atomic E-state index is 2.54. The van der Waals surface area contributed by atoms with Gasteiger partial charge in [0.2, 0.25) is 0 Å². The van der Waals surface area contributed by atoms with Crippen LogP contribution in [0.5, 0.6) is 0 Å². The van der Waals surface area contributed by atoms with Crippen molar-refractivity contribution >= 4 is 63.8 Å². The highest BCUT2D eigenvalue weighted by molar-refractivity contribution is 7.26. The predicted molar refractivity (Wildman–Crippen MR) is 263 cm³/mol. The van der Waals surface area contributed by atoms with Gasteiger partial charge in [0, 0.05) is 36.6 Å². The van der Waals surface area contributed by atoms with E-state index in [1.807, 2.05) is 11.3 Å².